The fourth-order valence-electron chi connectivity index (χ4n) is 1.53. The van der Waals surface area contributed by atoms with Gasteiger partial charge in [-0.25, -0.2) is 0 Å². The molecule has 1 heterocycles. The summed E-state index contributed by atoms with van der Waals surface area (Å²) in [5.74, 6) is 0. The quantitative estimate of drug-likeness (QED) is 0.824. The van der Waals surface area contributed by atoms with Crippen LogP contribution in [0.4, 0.5) is 0 Å². The molecule has 0 saturated heterocycles. The third-order valence-electron chi connectivity index (χ3n) is 2.31. The van der Waals surface area contributed by atoms with Gasteiger partial charge in [0.15, 0.2) is 0 Å². The van der Waals surface area contributed by atoms with E-state index in [4.69, 9.17) is 5.11 Å². The van der Waals surface area contributed by atoms with E-state index in [1.54, 1.807) is 11.7 Å². The van der Waals surface area contributed by atoms with E-state index in [9.17, 15) is 0 Å². The summed E-state index contributed by atoms with van der Waals surface area (Å²) in [5, 5.41) is 17.8. The molecule has 0 fully saturated rings. The number of aliphatic hydroxyl groups is 1. The Bertz CT molecular complexity index is 403. The van der Waals surface area contributed by atoms with E-state index in [-0.39, 0.29) is 6.10 Å². The standard InChI is InChI=1S/C11H15N3O/c1-9(15)5-4-8-14-12-10-6-2-3-7-11(10)13-14/h2-3,6-7,9,15H,4-5,8H2,1H3. The van der Waals surface area contributed by atoms with Crippen LogP contribution in [-0.4, -0.2) is 26.2 Å². The van der Waals surface area contributed by atoms with Crippen molar-refractivity contribution in [2.45, 2.75) is 32.4 Å². The van der Waals surface area contributed by atoms with Gasteiger partial charge in [0.1, 0.15) is 11.0 Å². The van der Waals surface area contributed by atoms with Gasteiger partial charge in [0.05, 0.1) is 12.6 Å². The van der Waals surface area contributed by atoms with Crippen LogP contribution < -0.4 is 0 Å². The number of fused-ring (bicyclic) bond motifs is 1. The van der Waals surface area contributed by atoms with Gasteiger partial charge >= 0.3 is 0 Å². The average molecular weight is 205 g/mol. The van der Waals surface area contributed by atoms with Crippen molar-refractivity contribution < 1.29 is 5.11 Å². The molecule has 1 atom stereocenters. The zero-order chi connectivity index (χ0) is 10.7. The molecule has 0 saturated carbocycles. The average Bonchev–Trinajstić information content (AvgIpc) is 2.59. The molecule has 1 N–H and O–H groups in total. The second kappa shape index (κ2) is 4.40. The molecule has 4 nitrogen and oxygen atoms in total. The van der Waals surface area contributed by atoms with Crippen molar-refractivity contribution in [2.75, 3.05) is 0 Å². The number of aryl methyl sites for hydroxylation is 1. The lowest BCUT2D eigenvalue weighted by Crippen LogP contribution is -2.06. The molecule has 80 valence electrons. The minimum Gasteiger partial charge on any atom is -0.393 e. The van der Waals surface area contributed by atoms with Crippen LogP contribution in [0.25, 0.3) is 11.0 Å². The molecular formula is C11H15N3O. The Balaban J connectivity index is 2.03. The number of hydrogen-bond donors (Lipinski definition) is 1. The largest absolute Gasteiger partial charge is 0.393 e. The van der Waals surface area contributed by atoms with Gasteiger partial charge in [-0.1, -0.05) is 12.1 Å². The lowest BCUT2D eigenvalue weighted by Gasteiger charge is -2.02. The molecule has 1 aromatic carbocycles. The van der Waals surface area contributed by atoms with Gasteiger partial charge in [0, 0.05) is 0 Å². The van der Waals surface area contributed by atoms with Crippen molar-refractivity contribution in [1.82, 2.24) is 15.0 Å². The van der Waals surface area contributed by atoms with E-state index < -0.39 is 0 Å². The second-order valence-electron chi connectivity index (χ2n) is 3.78. The van der Waals surface area contributed by atoms with Crippen molar-refractivity contribution >= 4 is 11.0 Å². The first kappa shape index (κ1) is 10.1. The zero-order valence-electron chi connectivity index (χ0n) is 8.80. The summed E-state index contributed by atoms with van der Waals surface area (Å²) in [5.41, 5.74) is 1.85. The third-order valence-corrected chi connectivity index (χ3v) is 2.31. The highest BCUT2D eigenvalue weighted by Gasteiger charge is 2.01. The minimum atomic E-state index is -0.241. The molecule has 0 aliphatic heterocycles. The summed E-state index contributed by atoms with van der Waals surface area (Å²) in [6.07, 6.45) is 1.45. The summed E-state index contributed by atoms with van der Waals surface area (Å²) in [4.78, 5) is 1.70. The van der Waals surface area contributed by atoms with Crippen molar-refractivity contribution in [3.63, 3.8) is 0 Å². The Morgan fingerprint density at radius 1 is 1.27 bits per heavy atom. The van der Waals surface area contributed by atoms with Gasteiger partial charge in [-0.3, -0.25) is 0 Å². The van der Waals surface area contributed by atoms with Crippen LogP contribution in [0.15, 0.2) is 24.3 Å². The number of rotatable bonds is 4. The molecule has 0 aliphatic rings. The molecule has 0 aliphatic carbocycles. The van der Waals surface area contributed by atoms with Gasteiger partial charge in [0.25, 0.3) is 0 Å². The van der Waals surface area contributed by atoms with Crippen molar-refractivity contribution in [3.05, 3.63) is 24.3 Å². The summed E-state index contributed by atoms with van der Waals surface area (Å²) < 4.78 is 0. The molecular weight excluding hydrogens is 190 g/mol. The van der Waals surface area contributed by atoms with Crippen molar-refractivity contribution in [1.29, 1.82) is 0 Å². The summed E-state index contributed by atoms with van der Waals surface area (Å²) in [6, 6.07) is 7.81. The van der Waals surface area contributed by atoms with E-state index in [0.29, 0.717) is 0 Å². The lowest BCUT2D eigenvalue weighted by atomic mass is 10.2. The van der Waals surface area contributed by atoms with Crippen LogP contribution in [0.3, 0.4) is 0 Å². The number of hydrogen-bond acceptors (Lipinski definition) is 3. The second-order valence-corrected chi connectivity index (χ2v) is 3.78. The van der Waals surface area contributed by atoms with Gasteiger partial charge in [-0.2, -0.15) is 15.0 Å². The number of aromatic nitrogens is 3. The van der Waals surface area contributed by atoms with E-state index in [1.165, 1.54) is 0 Å². The zero-order valence-corrected chi connectivity index (χ0v) is 8.80. The molecule has 0 spiro atoms. The highest BCUT2D eigenvalue weighted by atomic mass is 16.3. The lowest BCUT2D eigenvalue weighted by molar-refractivity contribution is 0.178. The maximum absolute atomic E-state index is 9.12. The number of benzene rings is 1. The Hall–Kier alpha value is -1.42. The molecule has 15 heavy (non-hydrogen) atoms. The first-order valence-electron chi connectivity index (χ1n) is 5.23. The Morgan fingerprint density at radius 3 is 2.40 bits per heavy atom. The van der Waals surface area contributed by atoms with E-state index >= 15 is 0 Å². The van der Waals surface area contributed by atoms with Crippen LogP contribution >= 0.6 is 0 Å². The van der Waals surface area contributed by atoms with E-state index in [0.717, 1.165) is 30.4 Å². The maximum Gasteiger partial charge on any atom is 0.113 e. The molecule has 0 bridgehead atoms. The molecule has 2 aromatic rings. The Morgan fingerprint density at radius 2 is 1.87 bits per heavy atom. The molecule has 0 amide bonds. The SMILES string of the molecule is CC(O)CCCn1nc2ccccc2n1. The smallest absolute Gasteiger partial charge is 0.113 e. The predicted octanol–water partition coefficient (Wildman–Crippen LogP) is 1.59. The summed E-state index contributed by atoms with van der Waals surface area (Å²) in [7, 11) is 0. The Labute approximate surface area is 88.5 Å². The molecule has 1 unspecified atom stereocenters. The number of nitrogens with zero attached hydrogens (tertiary/aromatic N) is 3. The topological polar surface area (TPSA) is 50.9 Å². The van der Waals surface area contributed by atoms with Crippen LogP contribution in [-0.2, 0) is 6.54 Å². The normalized spacial score (nSPS) is 13.2. The van der Waals surface area contributed by atoms with Crippen LogP contribution in [0.1, 0.15) is 19.8 Å². The number of aliphatic hydroxyl groups excluding tert-OH is 1. The summed E-state index contributed by atoms with van der Waals surface area (Å²) in [6.45, 7) is 2.56. The van der Waals surface area contributed by atoms with Crippen LogP contribution in [0.5, 0.6) is 0 Å². The molecule has 2 rings (SSSR count). The molecule has 1 aromatic heterocycles. The van der Waals surface area contributed by atoms with Gasteiger partial charge in [-0.15, -0.1) is 0 Å². The minimum absolute atomic E-state index is 0.241. The fraction of sp³-hybridized carbons (Fsp3) is 0.455. The Kier molecular flexibility index (Phi) is 2.97. The van der Waals surface area contributed by atoms with Gasteiger partial charge in [0.2, 0.25) is 0 Å². The summed E-state index contributed by atoms with van der Waals surface area (Å²) >= 11 is 0. The first-order chi connectivity index (χ1) is 7.25. The third kappa shape index (κ3) is 2.53. The fourth-order valence-corrected chi connectivity index (χ4v) is 1.53. The van der Waals surface area contributed by atoms with Gasteiger partial charge < -0.3 is 5.11 Å². The highest BCUT2D eigenvalue weighted by Crippen LogP contribution is 2.07. The molecule has 0 radical (unpaired) electrons. The monoisotopic (exact) mass is 205 g/mol. The highest BCUT2D eigenvalue weighted by molar-refractivity contribution is 5.72. The maximum atomic E-state index is 9.12. The molecule has 4 heteroatoms. The van der Waals surface area contributed by atoms with Crippen LogP contribution in [0.2, 0.25) is 0 Å². The van der Waals surface area contributed by atoms with Crippen molar-refractivity contribution in [3.8, 4) is 0 Å². The van der Waals surface area contributed by atoms with E-state index in [2.05, 4.69) is 10.2 Å². The predicted molar refractivity (Wildman–Crippen MR) is 58.4 cm³/mol. The van der Waals surface area contributed by atoms with E-state index in [1.807, 2.05) is 24.3 Å². The van der Waals surface area contributed by atoms with Gasteiger partial charge in [-0.05, 0) is 31.9 Å². The van der Waals surface area contributed by atoms with Crippen molar-refractivity contribution in [2.24, 2.45) is 0 Å². The van der Waals surface area contributed by atoms with Crippen LogP contribution in [0, 0.1) is 0 Å². The first-order valence-corrected chi connectivity index (χ1v) is 5.23.